The van der Waals surface area contributed by atoms with Gasteiger partial charge in [-0.25, -0.2) is 0 Å². The molecule has 0 aliphatic carbocycles. The van der Waals surface area contributed by atoms with Crippen LogP contribution in [-0.2, 0) is 11.2 Å². The van der Waals surface area contributed by atoms with Gasteiger partial charge in [0.25, 0.3) is 0 Å². The van der Waals surface area contributed by atoms with E-state index < -0.39 is 0 Å². The molecule has 0 spiro atoms. The minimum atomic E-state index is 0.0882. The standard InChI is InChI=1S/C17H17NO/c1-13-7-3-4-9-16(13)17(14(2)19)11-10-15-8-5-6-12-18-15/h3-9,11-12H,10H2,1-2H3/b17-11+. The van der Waals surface area contributed by atoms with Crippen molar-refractivity contribution in [1.82, 2.24) is 4.98 Å². The van der Waals surface area contributed by atoms with Crippen LogP contribution in [0.5, 0.6) is 0 Å². The highest BCUT2D eigenvalue weighted by atomic mass is 16.1. The fourth-order valence-electron chi connectivity index (χ4n) is 2.04. The molecule has 0 aliphatic rings. The van der Waals surface area contributed by atoms with Crippen LogP contribution in [0.1, 0.15) is 23.7 Å². The number of hydrogen-bond donors (Lipinski definition) is 0. The van der Waals surface area contributed by atoms with E-state index in [1.165, 1.54) is 0 Å². The van der Waals surface area contributed by atoms with E-state index in [0.717, 1.165) is 22.4 Å². The Labute approximate surface area is 113 Å². The van der Waals surface area contributed by atoms with Crippen molar-refractivity contribution >= 4 is 11.4 Å². The van der Waals surface area contributed by atoms with Gasteiger partial charge in [-0.2, -0.15) is 0 Å². The van der Waals surface area contributed by atoms with Crippen LogP contribution >= 0.6 is 0 Å². The molecule has 96 valence electrons. The molecule has 0 unspecified atom stereocenters. The molecule has 2 heteroatoms. The molecular weight excluding hydrogens is 234 g/mol. The molecule has 0 atom stereocenters. The highest BCUT2D eigenvalue weighted by molar-refractivity contribution is 6.19. The van der Waals surface area contributed by atoms with Crippen LogP contribution in [0.3, 0.4) is 0 Å². The van der Waals surface area contributed by atoms with Gasteiger partial charge in [0, 0.05) is 23.9 Å². The van der Waals surface area contributed by atoms with Crippen LogP contribution in [-0.4, -0.2) is 10.8 Å². The monoisotopic (exact) mass is 251 g/mol. The lowest BCUT2D eigenvalue weighted by molar-refractivity contribution is -0.111. The second-order valence-corrected chi connectivity index (χ2v) is 4.51. The summed E-state index contributed by atoms with van der Waals surface area (Å²) in [4.78, 5) is 16.1. The Bertz CT molecular complexity index is 600. The van der Waals surface area contributed by atoms with Gasteiger partial charge in [0.15, 0.2) is 5.78 Å². The van der Waals surface area contributed by atoms with Crippen molar-refractivity contribution in [2.75, 3.05) is 0 Å². The smallest absolute Gasteiger partial charge is 0.160 e. The Balaban J connectivity index is 2.31. The number of rotatable bonds is 4. The van der Waals surface area contributed by atoms with Gasteiger partial charge in [0.2, 0.25) is 0 Å². The van der Waals surface area contributed by atoms with Crippen molar-refractivity contribution in [3.63, 3.8) is 0 Å². The number of carbonyl (C=O) groups excluding carboxylic acids is 1. The van der Waals surface area contributed by atoms with Crippen LogP contribution in [0, 0.1) is 6.92 Å². The van der Waals surface area contributed by atoms with Gasteiger partial charge in [-0.05, 0) is 37.1 Å². The molecule has 0 bridgehead atoms. The molecule has 0 N–H and O–H groups in total. The number of aromatic nitrogens is 1. The van der Waals surface area contributed by atoms with Crippen molar-refractivity contribution < 1.29 is 4.79 Å². The lowest BCUT2D eigenvalue weighted by atomic mass is 9.96. The number of pyridine rings is 1. The van der Waals surface area contributed by atoms with E-state index >= 15 is 0 Å². The first-order chi connectivity index (χ1) is 9.18. The third-order valence-corrected chi connectivity index (χ3v) is 3.06. The molecule has 0 radical (unpaired) electrons. The highest BCUT2D eigenvalue weighted by Crippen LogP contribution is 2.20. The normalized spacial score (nSPS) is 11.4. The average molecular weight is 251 g/mol. The molecule has 2 aromatic rings. The Morgan fingerprint density at radius 3 is 2.53 bits per heavy atom. The zero-order chi connectivity index (χ0) is 13.7. The molecule has 0 saturated carbocycles. The predicted molar refractivity (Wildman–Crippen MR) is 77.8 cm³/mol. The van der Waals surface area contributed by atoms with E-state index in [0.29, 0.717) is 6.42 Å². The first kappa shape index (κ1) is 13.2. The number of aryl methyl sites for hydroxylation is 1. The second kappa shape index (κ2) is 6.10. The topological polar surface area (TPSA) is 30.0 Å². The number of allylic oxidation sites excluding steroid dienone is 2. The van der Waals surface area contributed by atoms with E-state index in [9.17, 15) is 4.79 Å². The third kappa shape index (κ3) is 3.38. The van der Waals surface area contributed by atoms with Gasteiger partial charge < -0.3 is 0 Å². The van der Waals surface area contributed by atoms with Gasteiger partial charge in [0.1, 0.15) is 0 Å². The maximum Gasteiger partial charge on any atom is 0.160 e. The van der Waals surface area contributed by atoms with E-state index in [2.05, 4.69) is 4.98 Å². The van der Waals surface area contributed by atoms with Gasteiger partial charge in [0.05, 0.1) is 0 Å². The van der Waals surface area contributed by atoms with Crippen molar-refractivity contribution in [3.05, 3.63) is 71.6 Å². The summed E-state index contributed by atoms with van der Waals surface area (Å²) in [6.45, 7) is 3.63. The molecule has 0 saturated heterocycles. The number of hydrogen-bond acceptors (Lipinski definition) is 2. The molecule has 19 heavy (non-hydrogen) atoms. The summed E-state index contributed by atoms with van der Waals surface area (Å²) in [5, 5.41) is 0. The summed E-state index contributed by atoms with van der Waals surface area (Å²) >= 11 is 0. The summed E-state index contributed by atoms with van der Waals surface area (Å²) in [5.74, 6) is 0.0882. The summed E-state index contributed by atoms with van der Waals surface area (Å²) in [7, 11) is 0. The van der Waals surface area contributed by atoms with Crippen molar-refractivity contribution in [3.8, 4) is 0 Å². The largest absolute Gasteiger partial charge is 0.295 e. The molecule has 1 heterocycles. The molecule has 1 aromatic heterocycles. The molecule has 2 nitrogen and oxygen atoms in total. The number of carbonyl (C=O) groups is 1. The van der Waals surface area contributed by atoms with E-state index in [1.54, 1.807) is 13.1 Å². The van der Waals surface area contributed by atoms with Crippen molar-refractivity contribution in [2.45, 2.75) is 20.3 Å². The molecule has 0 fully saturated rings. The average Bonchev–Trinajstić information content (AvgIpc) is 2.42. The maximum absolute atomic E-state index is 11.8. The molecular formula is C17H17NO. The van der Waals surface area contributed by atoms with Gasteiger partial charge >= 0.3 is 0 Å². The van der Waals surface area contributed by atoms with Crippen LogP contribution in [0.2, 0.25) is 0 Å². The van der Waals surface area contributed by atoms with E-state index in [4.69, 9.17) is 0 Å². The van der Waals surface area contributed by atoms with Crippen LogP contribution in [0.25, 0.3) is 5.57 Å². The zero-order valence-electron chi connectivity index (χ0n) is 11.3. The minimum Gasteiger partial charge on any atom is -0.295 e. The predicted octanol–water partition coefficient (Wildman–Crippen LogP) is 3.61. The van der Waals surface area contributed by atoms with Gasteiger partial charge in [-0.15, -0.1) is 0 Å². The summed E-state index contributed by atoms with van der Waals surface area (Å²) < 4.78 is 0. The van der Waals surface area contributed by atoms with E-state index in [-0.39, 0.29) is 5.78 Å². The third-order valence-electron chi connectivity index (χ3n) is 3.06. The van der Waals surface area contributed by atoms with Crippen LogP contribution in [0.15, 0.2) is 54.7 Å². The Kier molecular flexibility index (Phi) is 4.24. The second-order valence-electron chi connectivity index (χ2n) is 4.51. The Morgan fingerprint density at radius 2 is 1.89 bits per heavy atom. The summed E-state index contributed by atoms with van der Waals surface area (Å²) in [5.41, 5.74) is 3.86. The van der Waals surface area contributed by atoms with Gasteiger partial charge in [-0.1, -0.05) is 36.4 Å². The quantitative estimate of drug-likeness (QED) is 0.777. The number of Topliss-reactive ketones (excluding diaryl/α,β-unsaturated/α-hetero) is 1. The summed E-state index contributed by atoms with van der Waals surface area (Å²) in [6, 6.07) is 13.8. The Hall–Kier alpha value is -2.22. The maximum atomic E-state index is 11.8. The number of benzene rings is 1. The highest BCUT2D eigenvalue weighted by Gasteiger charge is 2.09. The molecule has 1 aromatic carbocycles. The number of nitrogens with zero attached hydrogens (tertiary/aromatic N) is 1. The first-order valence-corrected chi connectivity index (χ1v) is 6.35. The van der Waals surface area contributed by atoms with Gasteiger partial charge in [-0.3, -0.25) is 9.78 Å². The molecule has 0 aliphatic heterocycles. The van der Waals surface area contributed by atoms with Crippen LogP contribution < -0.4 is 0 Å². The lowest BCUT2D eigenvalue weighted by Gasteiger charge is -2.07. The molecule has 0 amide bonds. The fourth-order valence-corrected chi connectivity index (χ4v) is 2.04. The van der Waals surface area contributed by atoms with Crippen LogP contribution in [0.4, 0.5) is 0 Å². The van der Waals surface area contributed by atoms with Crippen molar-refractivity contribution in [1.29, 1.82) is 0 Å². The lowest BCUT2D eigenvalue weighted by Crippen LogP contribution is -1.99. The molecule has 2 rings (SSSR count). The zero-order valence-corrected chi connectivity index (χ0v) is 11.3. The SMILES string of the molecule is CC(=O)/C(=C\Cc1ccccn1)c1ccccc1C. The summed E-state index contributed by atoms with van der Waals surface area (Å²) in [6.07, 6.45) is 4.40. The Morgan fingerprint density at radius 1 is 1.16 bits per heavy atom. The van der Waals surface area contributed by atoms with E-state index in [1.807, 2.05) is 55.5 Å². The fraction of sp³-hybridized carbons (Fsp3) is 0.176. The minimum absolute atomic E-state index is 0.0882. The van der Waals surface area contributed by atoms with Crippen molar-refractivity contribution in [2.24, 2.45) is 0 Å². The first-order valence-electron chi connectivity index (χ1n) is 6.35. The number of ketones is 1.